The molecule has 0 aliphatic carbocycles. The van der Waals surface area contributed by atoms with Crippen LogP contribution in [0.4, 0.5) is 0 Å². The fraction of sp³-hybridized carbons (Fsp3) is 0.381. The molecule has 1 saturated heterocycles. The molecule has 3 nitrogen and oxygen atoms in total. The number of halogens is 1. The summed E-state index contributed by atoms with van der Waals surface area (Å²) in [6.07, 6.45) is 0. The Hall–Kier alpha value is -1.84. The van der Waals surface area contributed by atoms with Gasteiger partial charge < -0.3 is 4.74 Å². The van der Waals surface area contributed by atoms with E-state index in [0.29, 0.717) is 18.2 Å². The van der Waals surface area contributed by atoms with Crippen molar-refractivity contribution >= 4 is 17.6 Å². The van der Waals surface area contributed by atoms with Gasteiger partial charge in [-0.05, 0) is 37.1 Å². The third kappa shape index (κ3) is 3.88. The Morgan fingerprint density at radius 2 is 1.88 bits per heavy atom. The van der Waals surface area contributed by atoms with E-state index in [2.05, 4.69) is 17.0 Å². The molecule has 1 aliphatic heterocycles. The molecule has 0 bridgehead atoms. The highest BCUT2D eigenvalue weighted by molar-refractivity contribution is 6.30. The smallest absolute Gasteiger partial charge is 0.313 e. The molecule has 25 heavy (non-hydrogen) atoms. The summed E-state index contributed by atoms with van der Waals surface area (Å²) < 4.78 is 5.41. The summed E-state index contributed by atoms with van der Waals surface area (Å²) in [6, 6.07) is 18.2. The van der Waals surface area contributed by atoms with Crippen LogP contribution < -0.4 is 0 Å². The summed E-state index contributed by atoms with van der Waals surface area (Å²) in [5.74, 6) is -0.0296. The van der Waals surface area contributed by atoms with Crippen LogP contribution in [0.2, 0.25) is 5.02 Å². The van der Waals surface area contributed by atoms with Gasteiger partial charge in [0, 0.05) is 30.6 Å². The van der Waals surface area contributed by atoms with Gasteiger partial charge in [0.25, 0.3) is 0 Å². The minimum absolute atomic E-state index is 0.0903. The lowest BCUT2D eigenvalue weighted by molar-refractivity contribution is -0.154. The van der Waals surface area contributed by atoms with Crippen LogP contribution in [0.25, 0.3) is 0 Å². The molecule has 0 saturated carbocycles. The topological polar surface area (TPSA) is 29.5 Å². The van der Waals surface area contributed by atoms with E-state index >= 15 is 0 Å². The number of carbonyl (C=O) groups is 1. The summed E-state index contributed by atoms with van der Waals surface area (Å²) in [4.78, 5) is 15.1. The van der Waals surface area contributed by atoms with Crippen molar-refractivity contribution in [2.45, 2.75) is 26.3 Å². The number of hydrogen-bond acceptors (Lipinski definition) is 3. The van der Waals surface area contributed by atoms with Gasteiger partial charge in [-0.3, -0.25) is 9.69 Å². The molecule has 0 amide bonds. The van der Waals surface area contributed by atoms with Gasteiger partial charge >= 0.3 is 5.97 Å². The number of rotatable bonds is 5. The van der Waals surface area contributed by atoms with E-state index in [0.717, 1.165) is 18.7 Å². The zero-order valence-electron chi connectivity index (χ0n) is 14.7. The summed E-state index contributed by atoms with van der Waals surface area (Å²) >= 11 is 6.04. The van der Waals surface area contributed by atoms with Crippen molar-refractivity contribution in [3.05, 3.63) is 70.7 Å². The van der Waals surface area contributed by atoms with Gasteiger partial charge in [0.2, 0.25) is 0 Å². The average molecular weight is 358 g/mol. The standard InChI is InChI=1S/C21H24ClNO2/c1-3-25-20(24)21(2)15-23(13-16-7-5-4-6-8-16)14-19(21)17-9-11-18(22)12-10-17/h4-12,19H,3,13-15H2,1-2H3/t19-,21+/m0/s1. The van der Waals surface area contributed by atoms with Crippen molar-refractivity contribution in [1.29, 1.82) is 0 Å². The fourth-order valence-electron chi connectivity index (χ4n) is 3.73. The Morgan fingerprint density at radius 1 is 1.20 bits per heavy atom. The van der Waals surface area contributed by atoms with E-state index in [-0.39, 0.29) is 11.9 Å². The van der Waals surface area contributed by atoms with E-state index in [1.807, 2.05) is 56.3 Å². The maximum atomic E-state index is 12.7. The van der Waals surface area contributed by atoms with Gasteiger partial charge in [-0.2, -0.15) is 0 Å². The molecule has 4 heteroatoms. The van der Waals surface area contributed by atoms with Crippen molar-refractivity contribution in [2.75, 3.05) is 19.7 Å². The molecule has 0 aromatic heterocycles. The normalized spacial score (nSPS) is 23.6. The van der Waals surface area contributed by atoms with Crippen molar-refractivity contribution in [3.63, 3.8) is 0 Å². The lowest BCUT2D eigenvalue weighted by Crippen LogP contribution is -2.36. The third-order valence-electron chi connectivity index (χ3n) is 5.03. The first kappa shape index (κ1) is 18.0. The fourth-order valence-corrected chi connectivity index (χ4v) is 3.86. The first-order valence-electron chi connectivity index (χ1n) is 8.72. The van der Waals surface area contributed by atoms with E-state index in [1.165, 1.54) is 5.56 Å². The highest BCUT2D eigenvalue weighted by Crippen LogP contribution is 2.44. The maximum Gasteiger partial charge on any atom is 0.313 e. The Morgan fingerprint density at radius 3 is 2.52 bits per heavy atom. The molecule has 0 N–H and O–H groups in total. The number of hydrogen-bond donors (Lipinski definition) is 0. The van der Waals surface area contributed by atoms with Gasteiger partial charge in [-0.25, -0.2) is 0 Å². The molecule has 132 valence electrons. The SMILES string of the molecule is CCOC(=O)[C@]1(C)CN(Cc2ccccc2)C[C@H]1c1ccc(Cl)cc1. The predicted molar refractivity (Wildman–Crippen MR) is 101 cm³/mol. The molecule has 2 aromatic carbocycles. The first-order chi connectivity index (χ1) is 12.0. The predicted octanol–water partition coefficient (Wildman–Crippen LogP) is 4.51. The molecule has 2 aromatic rings. The van der Waals surface area contributed by atoms with Crippen LogP contribution in [0.5, 0.6) is 0 Å². The van der Waals surface area contributed by atoms with E-state index < -0.39 is 5.41 Å². The monoisotopic (exact) mass is 357 g/mol. The van der Waals surface area contributed by atoms with Gasteiger partial charge in [0.15, 0.2) is 0 Å². The maximum absolute atomic E-state index is 12.7. The lowest BCUT2D eigenvalue weighted by Gasteiger charge is -2.28. The summed E-state index contributed by atoms with van der Waals surface area (Å²) in [6.45, 7) is 6.63. The minimum atomic E-state index is -0.557. The number of carbonyl (C=O) groups excluding carboxylic acids is 1. The number of nitrogens with zero attached hydrogens (tertiary/aromatic N) is 1. The molecule has 0 unspecified atom stereocenters. The molecule has 3 rings (SSSR count). The average Bonchev–Trinajstić information content (AvgIpc) is 2.94. The molecule has 1 aliphatic rings. The van der Waals surface area contributed by atoms with Crippen molar-refractivity contribution in [2.24, 2.45) is 5.41 Å². The number of ether oxygens (including phenoxy) is 1. The van der Waals surface area contributed by atoms with Gasteiger partial charge in [-0.1, -0.05) is 54.1 Å². The molecule has 2 atom stereocenters. The highest BCUT2D eigenvalue weighted by atomic mass is 35.5. The van der Waals surface area contributed by atoms with Crippen LogP contribution in [0.3, 0.4) is 0 Å². The second kappa shape index (κ2) is 7.59. The molecule has 0 spiro atoms. The second-order valence-corrected chi connectivity index (χ2v) is 7.33. The van der Waals surface area contributed by atoms with Gasteiger partial charge in [-0.15, -0.1) is 0 Å². The number of esters is 1. The van der Waals surface area contributed by atoms with Crippen LogP contribution in [0.15, 0.2) is 54.6 Å². The first-order valence-corrected chi connectivity index (χ1v) is 9.09. The molecule has 1 heterocycles. The zero-order valence-corrected chi connectivity index (χ0v) is 15.5. The summed E-state index contributed by atoms with van der Waals surface area (Å²) in [5, 5.41) is 0.709. The largest absolute Gasteiger partial charge is 0.466 e. The Labute approximate surface area is 154 Å². The Balaban J connectivity index is 1.87. The van der Waals surface area contributed by atoms with Crippen LogP contribution in [-0.4, -0.2) is 30.6 Å². The second-order valence-electron chi connectivity index (χ2n) is 6.90. The minimum Gasteiger partial charge on any atom is -0.466 e. The summed E-state index contributed by atoms with van der Waals surface area (Å²) in [5.41, 5.74) is 1.83. The van der Waals surface area contributed by atoms with E-state index in [9.17, 15) is 4.79 Å². The van der Waals surface area contributed by atoms with E-state index in [1.54, 1.807) is 0 Å². The molecular formula is C21H24ClNO2. The van der Waals surface area contributed by atoms with E-state index in [4.69, 9.17) is 16.3 Å². The molecular weight excluding hydrogens is 334 g/mol. The van der Waals surface area contributed by atoms with Gasteiger partial charge in [0.1, 0.15) is 0 Å². The van der Waals surface area contributed by atoms with Crippen molar-refractivity contribution in [3.8, 4) is 0 Å². The van der Waals surface area contributed by atoms with Crippen molar-refractivity contribution in [1.82, 2.24) is 4.90 Å². The van der Waals surface area contributed by atoms with Crippen LogP contribution >= 0.6 is 11.6 Å². The molecule has 1 fully saturated rings. The Bertz CT molecular complexity index is 716. The summed E-state index contributed by atoms with van der Waals surface area (Å²) in [7, 11) is 0. The van der Waals surface area contributed by atoms with Gasteiger partial charge in [0.05, 0.1) is 12.0 Å². The lowest BCUT2D eigenvalue weighted by atomic mass is 9.76. The van der Waals surface area contributed by atoms with Crippen molar-refractivity contribution < 1.29 is 9.53 Å². The Kier molecular flexibility index (Phi) is 5.45. The molecule has 0 radical (unpaired) electrons. The number of benzene rings is 2. The van der Waals surface area contributed by atoms with Crippen LogP contribution in [0, 0.1) is 5.41 Å². The van der Waals surface area contributed by atoms with Crippen LogP contribution in [0.1, 0.15) is 30.9 Å². The highest BCUT2D eigenvalue weighted by Gasteiger charge is 2.50. The quantitative estimate of drug-likeness (QED) is 0.737. The third-order valence-corrected chi connectivity index (χ3v) is 5.28. The zero-order chi connectivity index (χ0) is 17.9. The number of likely N-dealkylation sites (tertiary alicyclic amines) is 1. The van der Waals surface area contributed by atoms with Crippen LogP contribution in [-0.2, 0) is 16.1 Å².